The molecule has 0 saturated heterocycles. The fraction of sp³-hybridized carbons (Fsp3) is 0.333. The normalized spacial score (nSPS) is 17.9. The van der Waals surface area contributed by atoms with Gasteiger partial charge in [0, 0.05) is 0 Å². The van der Waals surface area contributed by atoms with Crippen LogP contribution >= 0.6 is 0 Å². The van der Waals surface area contributed by atoms with Gasteiger partial charge in [0.1, 0.15) is 6.63 Å². The van der Waals surface area contributed by atoms with Crippen LogP contribution in [0.5, 0.6) is 0 Å². The molecule has 1 aromatic rings. The summed E-state index contributed by atoms with van der Waals surface area (Å²) < 4.78 is 67.0. The van der Waals surface area contributed by atoms with Gasteiger partial charge in [-0.25, -0.2) is 4.39 Å². The maximum Gasteiger partial charge on any atom is 0.297 e. The smallest absolute Gasteiger partial charge is 0.264 e. The highest BCUT2D eigenvalue weighted by Gasteiger charge is 2.13. The van der Waals surface area contributed by atoms with Crippen LogP contribution in [0, 0.1) is 6.92 Å². The Balaban J connectivity index is 3.07. The van der Waals surface area contributed by atoms with E-state index in [-0.39, 0.29) is 4.90 Å². The van der Waals surface area contributed by atoms with Crippen molar-refractivity contribution in [1.29, 1.82) is 0 Å². The van der Waals surface area contributed by atoms with Gasteiger partial charge in [-0.1, -0.05) is 17.7 Å². The van der Waals surface area contributed by atoms with Gasteiger partial charge in [0.25, 0.3) is 10.1 Å². The lowest BCUT2D eigenvalue weighted by atomic mass is 10.2. The first-order valence-corrected chi connectivity index (χ1v) is 5.08. The molecule has 1 aromatic carbocycles. The molecule has 0 amide bonds. The second kappa shape index (κ2) is 4.52. The van der Waals surface area contributed by atoms with Crippen molar-refractivity contribution in [2.45, 2.75) is 11.8 Å². The highest BCUT2D eigenvalue weighted by Crippen LogP contribution is 2.12. The van der Waals surface area contributed by atoms with Crippen LogP contribution in [-0.4, -0.2) is 21.6 Å². The van der Waals surface area contributed by atoms with Crippen molar-refractivity contribution in [3.63, 3.8) is 0 Å². The Kier molecular flexibility index (Phi) is 2.11. The zero-order valence-corrected chi connectivity index (χ0v) is 8.14. The summed E-state index contributed by atoms with van der Waals surface area (Å²) in [6, 6.07) is 5.23. The van der Waals surface area contributed by atoms with Crippen molar-refractivity contribution < 1.29 is 22.5 Å². The van der Waals surface area contributed by atoms with Crippen LogP contribution in [0.3, 0.4) is 0 Å². The Hall–Kier alpha value is -0.940. The van der Waals surface area contributed by atoms with Crippen LogP contribution in [0.25, 0.3) is 0 Å². The Morgan fingerprint density at radius 2 is 2.00 bits per heavy atom. The van der Waals surface area contributed by atoms with Crippen molar-refractivity contribution in [3.05, 3.63) is 29.8 Å². The summed E-state index contributed by atoms with van der Waals surface area (Å²) in [5.41, 5.74) is 0.776. The lowest BCUT2D eigenvalue weighted by molar-refractivity contribution is 0.277. The van der Waals surface area contributed by atoms with Crippen LogP contribution in [0.15, 0.2) is 29.2 Å². The molecule has 0 unspecified atom stereocenters. The quantitative estimate of drug-likeness (QED) is 0.728. The number of rotatable bonds is 4. The number of hydrogen-bond donors (Lipinski definition) is 0. The van der Waals surface area contributed by atoms with Crippen LogP contribution in [0.1, 0.15) is 11.0 Å². The van der Waals surface area contributed by atoms with Crippen molar-refractivity contribution in [2.24, 2.45) is 0 Å². The average Bonchev–Trinajstić information content (AvgIpc) is 2.14. The minimum Gasteiger partial charge on any atom is -0.264 e. The number of hydrogen-bond acceptors (Lipinski definition) is 3. The van der Waals surface area contributed by atoms with E-state index in [0.29, 0.717) is 0 Å². The van der Waals surface area contributed by atoms with Crippen molar-refractivity contribution in [1.82, 2.24) is 0 Å². The molecule has 0 N–H and O–H groups in total. The van der Waals surface area contributed by atoms with E-state index in [1.54, 1.807) is 6.92 Å². The van der Waals surface area contributed by atoms with Gasteiger partial charge in [-0.3, -0.25) is 4.18 Å². The topological polar surface area (TPSA) is 43.4 Å². The number of alkyl halides is 1. The van der Waals surface area contributed by atoms with Crippen molar-refractivity contribution >= 4 is 10.1 Å². The third-order valence-corrected chi connectivity index (χ3v) is 2.65. The number of benzene rings is 1. The second-order valence-electron chi connectivity index (χ2n) is 2.55. The van der Waals surface area contributed by atoms with E-state index in [0.717, 1.165) is 17.7 Å². The van der Waals surface area contributed by atoms with Gasteiger partial charge in [0.05, 0.1) is 16.9 Å². The highest BCUT2D eigenvalue weighted by atomic mass is 32.2. The van der Waals surface area contributed by atoms with Crippen molar-refractivity contribution in [2.75, 3.05) is 13.2 Å². The summed E-state index contributed by atoms with van der Waals surface area (Å²) in [4.78, 5) is -0.374. The minimum atomic E-state index is -4.57. The van der Waals surface area contributed by atoms with Gasteiger partial charge in [0.2, 0.25) is 0 Å². The van der Waals surface area contributed by atoms with Crippen LogP contribution in [-0.2, 0) is 14.3 Å². The predicted octanol–water partition coefficient (Wildman–Crippen LogP) is 1.67. The van der Waals surface area contributed by atoms with Gasteiger partial charge >= 0.3 is 0 Å². The first-order chi connectivity index (χ1) is 7.96. The predicted molar refractivity (Wildman–Crippen MR) is 50.3 cm³/mol. The molecule has 3 nitrogen and oxygen atoms in total. The van der Waals surface area contributed by atoms with Gasteiger partial charge in [-0.05, 0) is 19.1 Å². The number of halogens is 1. The summed E-state index contributed by atoms with van der Waals surface area (Å²) in [5.74, 6) is 0. The molecule has 0 saturated carbocycles. The number of aryl methyl sites for hydroxylation is 1. The van der Waals surface area contributed by atoms with Crippen LogP contribution in [0.2, 0.25) is 0 Å². The molecular weight excluding hydrogens is 207 g/mol. The first-order valence-electron chi connectivity index (χ1n) is 5.67. The largest absolute Gasteiger partial charge is 0.297 e. The fourth-order valence-electron chi connectivity index (χ4n) is 0.824. The minimum absolute atomic E-state index is 0.374. The molecule has 5 heteroatoms. The summed E-state index contributed by atoms with van der Waals surface area (Å²) in [5, 5.41) is 0. The highest BCUT2D eigenvalue weighted by molar-refractivity contribution is 7.86. The molecule has 0 aromatic heterocycles. The standard InChI is InChI=1S/C9H11FO3S/c1-8-2-4-9(5-3-8)14(11,12)13-7-6-10/h2-5H,6-7H2,1H3/i6D2,7D2. The zero-order valence-electron chi connectivity index (χ0n) is 11.3. The summed E-state index contributed by atoms with van der Waals surface area (Å²) in [6.45, 7) is -5.82. The first kappa shape index (κ1) is 6.53. The lowest BCUT2D eigenvalue weighted by Gasteiger charge is -2.03. The summed E-state index contributed by atoms with van der Waals surface area (Å²) in [6.07, 6.45) is 0. The molecule has 0 aliphatic rings. The summed E-state index contributed by atoms with van der Waals surface area (Å²) in [7, 11) is -4.57. The fourth-order valence-corrected chi connectivity index (χ4v) is 1.53. The Labute approximate surface area is 88.3 Å². The van der Waals surface area contributed by atoms with E-state index >= 15 is 0 Å². The summed E-state index contributed by atoms with van der Waals surface area (Å²) >= 11 is 0. The van der Waals surface area contributed by atoms with E-state index in [9.17, 15) is 12.8 Å². The Morgan fingerprint density at radius 1 is 1.43 bits per heavy atom. The zero-order chi connectivity index (χ0) is 14.2. The molecule has 1 rings (SSSR count). The van der Waals surface area contributed by atoms with Gasteiger partial charge in [-0.15, -0.1) is 0 Å². The van der Waals surface area contributed by atoms with E-state index in [1.165, 1.54) is 12.1 Å². The van der Waals surface area contributed by atoms with E-state index in [4.69, 9.17) is 5.48 Å². The maximum absolute atomic E-state index is 12.8. The van der Waals surface area contributed by atoms with E-state index in [1.807, 2.05) is 0 Å². The SMILES string of the molecule is [2H]C([2H])(F)C([2H])([2H])OS(=O)(=O)c1ccc(C)cc1. The maximum atomic E-state index is 12.8. The molecule has 0 heterocycles. The van der Waals surface area contributed by atoms with Crippen LogP contribution < -0.4 is 0 Å². The molecule has 0 aliphatic carbocycles. The second-order valence-corrected chi connectivity index (χ2v) is 4.09. The molecular formula is C9H11FO3S. The van der Waals surface area contributed by atoms with Gasteiger partial charge in [-0.2, -0.15) is 8.42 Å². The Bertz CT molecular complexity index is 522. The molecule has 0 fully saturated rings. The lowest BCUT2D eigenvalue weighted by Crippen LogP contribution is -2.08. The molecule has 0 bridgehead atoms. The van der Waals surface area contributed by atoms with Gasteiger partial charge < -0.3 is 0 Å². The molecule has 0 aliphatic heterocycles. The molecule has 0 radical (unpaired) electrons. The third-order valence-electron chi connectivity index (χ3n) is 1.50. The molecule has 78 valence electrons. The van der Waals surface area contributed by atoms with Crippen LogP contribution in [0.4, 0.5) is 4.39 Å². The van der Waals surface area contributed by atoms with E-state index < -0.39 is 23.3 Å². The monoisotopic (exact) mass is 222 g/mol. The third kappa shape index (κ3) is 2.78. The Morgan fingerprint density at radius 3 is 2.50 bits per heavy atom. The average molecular weight is 222 g/mol. The van der Waals surface area contributed by atoms with Crippen molar-refractivity contribution in [3.8, 4) is 0 Å². The molecule has 0 atom stereocenters. The molecule has 0 spiro atoms. The van der Waals surface area contributed by atoms with Gasteiger partial charge in [0.15, 0.2) is 0 Å². The molecule has 14 heavy (non-hydrogen) atoms. The van der Waals surface area contributed by atoms with E-state index in [2.05, 4.69) is 4.18 Å².